The summed E-state index contributed by atoms with van der Waals surface area (Å²) in [5, 5.41) is 6.19. The zero-order valence-corrected chi connectivity index (χ0v) is 13.7. The highest BCUT2D eigenvalue weighted by atomic mass is 32.1. The molecule has 3 aromatic heterocycles. The second-order valence-electron chi connectivity index (χ2n) is 5.09. The van der Waals surface area contributed by atoms with Gasteiger partial charge in [-0.3, -0.25) is 14.6 Å². The number of pyridine rings is 1. The average Bonchev–Trinajstić information content (AvgIpc) is 3.23. The number of hydrogen-bond donors (Lipinski definition) is 2. The van der Waals surface area contributed by atoms with Crippen molar-refractivity contribution in [3.8, 4) is 0 Å². The van der Waals surface area contributed by atoms with E-state index in [1.807, 2.05) is 19.1 Å². The summed E-state index contributed by atoms with van der Waals surface area (Å²) < 4.78 is 5.05. The van der Waals surface area contributed by atoms with Gasteiger partial charge in [0.25, 0.3) is 11.8 Å². The number of carbonyl (C=O) groups is 2. The second kappa shape index (κ2) is 7.10. The van der Waals surface area contributed by atoms with Crippen molar-refractivity contribution < 1.29 is 14.0 Å². The molecule has 122 valence electrons. The van der Waals surface area contributed by atoms with Gasteiger partial charge in [-0.25, -0.2) is 0 Å². The first-order valence-electron chi connectivity index (χ1n) is 7.26. The van der Waals surface area contributed by atoms with Crippen molar-refractivity contribution in [2.75, 3.05) is 5.32 Å². The molecule has 0 unspecified atom stereocenters. The van der Waals surface area contributed by atoms with Crippen molar-refractivity contribution in [1.82, 2.24) is 10.3 Å². The Morgan fingerprint density at radius 3 is 2.71 bits per heavy atom. The number of aromatic nitrogens is 1. The highest BCUT2D eigenvalue weighted by Gasteiger charge is 2.16. The maximum Gasteiger partial charge on any atom is 0.291 e. The molecule has 0 spiro atoms. The monoisotopic (exact) mass is 341 g/mol. The largest absolute Gasteiger partial charge is 0.459 e. The number of carbonyl (C=O) groups excluding carboxylic acids is 2. The van der Waals surface area contributed by atoms with E-state index in [-0.39, 0.29) is 17.6 Å². The summed E-state index contributed by atoms with van der Waals surface area (Å²) in [6.45, 7) is 2.26. The van der Waals surface area contributed by atoms with Crippen LogP contribution in [0.25, 0.3) is 0 Å². The molecule has 24 heavy (non-hydrogen) atoms. The van der Waals surface area contributed by atoms with E-state index in [9.17, 15) is 9.59 Å². The SMILES string of the molecule is Cc1cc(NC(=O)c2ccco2)sc1C(=O)NCc1ccncc1. The van der Waals surface area contributed by atoms with Crippen LogP contribution in [0.2, 0.25) is 0 Å². The minimum Gasteiger partial charge on any atom is -0.459 e. The van der Waals surface area contributed by atoms with Crippen molar-refractivity contribution in [1.29, 1.82) is 0 Å². The molecular weight excluding hydrogens is 326 g/mol. The van der Waals surface area contributed by atoms with Crippen molar-refractivity contribution in [2.24, 2.45) is 0 Å². The topological polar surface area (TPSA) is 84.2 Å². The molecule has 0 aromatic carbocycles. The van der Waals surface area contributed by atoms with E-state index in [2.05, 4.69) is 15.6 Å². The molecular formula is C17H15N3O3S. The summed E-state index contributed by atoms with van der Waals surface area (Å²) in [6.07, 6.45) is 4.80. The van der Waals surface area contributed by atoms with Gasteiger partial charge in [-0.2, -0.15) is 0 Å². The van der Waals surface area contributed by atoms with Crippen molar-refractivity contribution in [2.45, 2.75) is 13.5 Å². The number of hydrogen-bond acceptors (Lipinski definition) is 5. The van der Waals surface area contributed by atoms with Crippen molar-refractivity contribution >= 4 is 28.2 Å². The Kier molecular flexibility index (Phi) is 4.72. The number of nitrogens with zero attached hydrogens (tertiary/aromatic N) is 1. The fourth-order valence-corrected chi connectivity index (χ4v) is 3.10. The summed E-state index contributed by atoms with van der Waals surface area (Å²) in [6, 6.07) is 8.69. The third-order valence-electron chi connectivity index (χ3n) is 3.31. The predicted molar refractivity (Wildman–Crippen MR) is 91.1 cm³/mol. The van der Waals surface area contributed by atoms with Gasteiger partial charge in [0, 0.05) is 18.9 Å². The molecule has 0 aliphatic carbocycles. The number of aryl methyl sites for hydroxylation is 1. The smallest absolute Gasteiger partial charge is 0.291 e. The van der Waals surface area contributed by atoms with Gasteiger partial charge in [0.2, 0.25) is 0 Å². The van der Waals surface area contributed by atoms with Gasteiger partial charge >= 0.3 is 0 Å². The lowest BCUT2D eigenvalue weighted by Crippen LogP contribution is -2.22. The first kappa shape index (κ1) is 15.9. The van der Waals surface area contributed by atoms with E-state index in [4.69, 9.17) is 4.42 Å². The summed E-state index contributed by atoms with van der Waals surface area (Å²) >= 11 is 1.23. The lowest BCUT2D eigenvalue weighted by molar-refractivity contribution is 0.0953. The second-order valence-corrected chi connectivity index (χ2v) is 6.14. The molecule has 3 heterocycles. The molecule has 0 saturated carbocycles. The predicted octanol–water partition coefficient (Wildman–Crippen LogP) is 3.23. The Morgan fingerprint density at radius 2 is 2.00 bits per heavy atom. The Balaban J connectivity index is 1.65. The first-order valence-corrected chi connectivity index (χ1v) is 8.07. The van der Waals surface area contributed by atoms with Crippen molar-refractivity contribution in [3.63, 3.8) is 0 Å². The van der Waals surface area contributed by atoms with Crippen LogP contribution >= 0.6 is 11.3 Å². The standard InChI is InChI=1S/C17H15N3O3S/c1-11-9-14(20-16(21)13-3-2-8-23-13)24-15(11)17(22)19-10-12-4-6-18-7-5-12/h2-9H,10H2,1H3,(H,19,22)(H,20,21). The summed E-state index contributed by atoms with van der Waals surface area (Å²) in [7, 11) is 0. The number of amides is 2. The lowest BCUT2D eigenvalue weighted by Gasteiger charge is -2.04. The van der Waals surface area contributed by atoms with E-state index in [1.165, 1.54) is 17.6 Å². The van der Waals surface area contributed by atoms with Crippen LogP contribution in [-0.4, -0.2) is 16.8 Å². The molecule has 2 amide bonds. The highest BCUT2D eigenvalue weighted by Crippen LogP contribution is 2.27. The molecule has 0 bridgehead atoms. The molecule has 0 aliphatic rings. The Bertz CT molecular complexity index is 841. The zero-order valence-electron chi connectivity index (χ0n) is 12.9. The Morgan fingerprint density at radius 1 is 1.21 bits per heavy atom. The van der Waals surface area contributed by atoms with Crippen LogP contribution in [0.5, 0.6) is 0 Å². The van der Waals surface area contributed by atoms with Crippen LogP contribution in [0.4, 0.5) is 5.00 Å². The van der Waals surface area contributed by atoms with Gasteiger partial charge in [0.05, 0.1) is 16.1 Å². The Labute approximate surface area is 142 Å². The van der Waals surface area contributed by atoms with Crippen molar-refractivity contribution in [3.05, 3.63) is 70.8 Å². The summed E-state index contributed by atoms with van der Waals surface area (Å²) in [5.41, 5.74) is 1.78. The number of nitrogens with one attached hydrogen (secondary N) is 2. The van der Waals surface area contributed by atoms with Crippen LogP contribution in [0, 0.1) is 6.92 Å². The van der Waals surface area contributed by atoms with Gasteiger partial charge in [0.1, 0.15) is 0 Å². The zero-order chi connectivity index (χ0) is 16.9. The molecule has 7 heteroatoms. The maximum atomic E-state index is 12.3. The van der Waals surface area contributed by atoms with Crippen LogP contribution in [0.15, 0.2) is 53.4 Å². The molecule has 0 atom stereocenters. The van der Waals surface area contributed by atoms with Gasteiger partial charge < -0.3 is 15.1 Å². The third-order valence-corrected chi connectivity index (χ3v) is 4.46. The molecule has 2 N–H and O–H groups in total. The van der Waals surface area contributed by atoms with Crippen LogP contribution in [-0.2, 0) is 6.54 Å². The molecule has 6 nitrogen and oxygen atoms in total. The van der Waals surface area contributed by atoms with Gasteiger partial charge in [-0.1, -0.05) is 0 Å². The van der Waals surface area contributed by atoms with E-state index >= 15 is 0 Å². The number of thiophene rings is 1. The van der Waals surface area contributed by atoms with E-state index in [1.54, 1.807) is 30.6 Å². The van der Waals surface area contributed by atoms with Gasteiger partial charge in [-0.05, 0) is 48.4 Å². The minimum atomic E-state index is -0.343. The normalized spacial score (nSPS) is 10.4. The summed E-state index contributed by atoms with van der Waals surface area (Å²) in [5.74, 6) is -0.289. The van der Waals surface area contributed by atoms with E-state index < -0.39 is 0 Å². The van der Waals surface area contributed by atoms with Gasteiger partial charge in [0.15, 0.2) is 5.76 Å². The average molecular weight is 341 g/mol. The molecule has 0 saturated heterocycles. The molecule has 0 fully saturated rings. The molecule has 0 aliphatic heterocycles. The highest BCUT2D eigenvalue weighted by molar-refractivity contribution is 7.18. The minimum absolute atomic E-state index is 0.173. The fourth-order valence-electron chi connectivity index (χ4n) is 2.11. The summed E-state index contributed by atoms with van der Waals surface area (Å²) in [4.78, 5) is 28.8. The number of furan rings is 1. The quantitative estimate of drug-likeness (QED) is 0.746. The van der Waals surface area contributed by atoms with Crippen LogP contribution in [0.1, 0.15) is 31.4 Å². The van der Waals surface area contributed by atoms with E-state index in [0.717, 1.165) is 11.1 Å². The molecule has 3 rings (SSSR count). The van der Waals surface area contributed by atoms with E-state index in [0.29, 0.717) is 16.4 Å². The fraction of sp³-hybridized carbons (Fsp3) is 0.118. The number of anilines is 1. The molecule has 0 radical (unpaired) electrons. The maximum absolute atomic E-state index is 12.3. The Hall–Kier alpha value is -2.93. The molecule has 3 aromatic rings. The lowest BCUT2D eigenvalue weighted by atomic mass is 10.2. The first-order chi connectivity index (χ1) is 11.6. The van der Waals surface area contributed by atoms with Crippen LogP contribution in [0.3, 0.4) is 0 Å². The number of rotatable bonds is 5. The van der Waals surface area contributed by atoms with Crippen LogP contribution < -0.4 is 10.6 Å². The van der Waals surface area contributed by atoms with Gasteiger partial charge in [-0.15, -0.1) is 11.3 Å². The third kappa shape index (κ3) is 3.69.